The molecule has 8 heteroatoms. The Bertz CT molecular complexity index is 863. The van der Waals surface area contributed by atoms with Crippen LogP contribution in [0.2, 0.25) is 0 Å². The Morgan fingerprint density at radius 1 is 1.19 bits per heavy atom. The standard InChI is InChI=1S/C18H23N7O/c1-5-25(6-2)10-14-11(3)15(21-12(14)4)9-13-16(22-24-18(13)26)17-19-7-8-20-23-17/h7-9,21H,5-6,10H2,1-4H3,(H,24,26)/b13-9+. The first kappa shape index (κ1) is 17.9. The molecule has 2 N–H and O–H groups in total. The van der Waals surface area contributed by atoms with Gasteiger partial charge in [0.15, 0.2) is 0 Å². The summed E-state index contributed by atoms with van der Waals surface area (Å²) >= 11 is 0. The fourth-order valence-corrected chi connectivity index (χ4v) is 3.01. The second kappa shape index (κ2) is 7.57. The van der Waals surface area contributed by atoms with Crippen molar-refractivity contribution >= 4 is 17.7 Å². The van der Waals surface area contributed by atoms with E-state index in [0.29, 0.717) is 17.1 Å². The molecule has 0 aliphatic carbocycles. The smallest absolute Gasteiger partial charge is 0.273 e. The molecule has 0 aromatic carbocycles. The summed E-state index contributed by atoms with van der Waals surface area (Å²) < 4.78 is 0. The monoisotopic (exact) mass is 353 g/mol. The summed E-state index contributed by atoms with van der Waals surface area (Å²) in [6, 6.07) is 0. The summed E-state index contributed by atoms with van der Waals surface area (Å²) in [5, 5.41) is 11.8. The minimum absolute atomic E-state index is 0.274. The van der Waals surface area contributed by atoms with Gasteiger partial charge in [-0.05, 0) is 44.1 Å². The first-order chi connectivity index (χ1) is 12.5. The van der Waals surface area contributed by atoms with Crippen molar-refractivity contribution in [2.75, 3.05) is 13.1 Å². The maximum absolute atomic E-state index is 12.2. The van der Waals surface area contributed by atoms with Gasteiger partial charge in [0.25, 0.3) is 5.91 Å². The van der Waals surface area contributed by atoms with Crippen molar-refractivity contribution in [2.24, 2.45) is 5.10 Å². The minimum Gasteiger partial charge on any atom is -0.359 e. The molecule has 3 heterocycles. The van der Waals surface area contributed by atoms with Crippen LogP contribution in [-0.2, 0) is 11.3 Å². The lowest BCUT2D eigenvalue weighted by atomic mass is 10.1. The van der Waals surface area contributed by atoms with Gasteiger partial charge in [0.05, 0.1) is 11.8 Å². The maximum Gasteiger partial charge on any atom is 0.273 e. The van der Waals surface area contributed by atoms with Gasteiger partial charge < -0.3 is 4.98 Å². The predicted molar refractivity (Wildman–Crippen MR) is 99.4 cm³/mol. The van der Waals surface area contributed by atoms with Gasteiger partial charge in [-0.1, -0.05) is 13.8 Å². The van der Waals surface area contributed by atoms with E-state index >= 15 is 0 Å². The van der Waals surface area contributed by atoms with Crippen molar-refractivity contribution in [1.82, 2.24) is 30.5 Å². The number of aromatic amines is 1. The van der Waals surface area contributed by atoms with Gasteiger partial charge in [0.1, 0.15) is 5.71 Å². The van der Waals surface area contributed by atoms with Crippen molar-refractivity contribution in [3.63, 3.8) is 0 Å². The average Bonchev–Trinajstić information content (AvgIpc) is 3.14. The van der Waals surface area contributed by atoms with Crippen molar-refractivity contribution in [1.29, 1.82) is 0 Å². The Morgan fingerprint density at radius 3 is 2.62 bits per heavy atom. The van der Waals surface area contributed by atoms with E-state index in [1.54, 1.807) is 0 Å². The van der Waals surface area contributed by atoms with Crippen molar-refractivity contribution in [2.45, 2.75) is 34.2 Å². The van der Waals surface area contributed by atoms with E-state index in [0.717, 1.165) is 36.6 Å². The molecule has 0 fully saturated rings. The second-order valence-corrected chi connectivity index (χ2v) is 6.15. The van der Waals surface area contributed by atoms with E-state index in [2.05, 4.69) is 63.3 Å². The van der Waals surface area contributed by atoms with Crippen LogP contribution >= 0.6 is 0 Å². The molecule has 0 unspecified atom stereocenters. The third kappa shape index (κ3) is 3.41. The maximum atomic E-state index is 12.2. The Hall–Kier alpha value is -2.87. The van der Waals surface area contributed by atoms with Crippen LogP contribution in [0.1, 0.15) is 42.2 Å². The fraction of sp³-hybridized carbons (Fsp3) is 0.389. The number of H-pyrrole nitrogens is 1. The average molecular weight is 353 g/mol. The van der Waals surface area contributed by atoms with Gasteiger partial charge in [-0.15, -0.1) is 5.10 Å². The Balaban J connectivity index is 1.96. The van der Waals surface area contributed by atoms with Crippen LogP contribution < -0.4 is 5.43 Å². The van der Waals surface area contributed by atoms with Crippen molar-refractivity contribution in [3.05, 3.63) is 46.3 Å². The van der Waals surface area contributed by atoms with Crippen LogP contribution in [0.15, 0.2) is 23.1 Å². The molecule has 1 aliphatic heterocycles. The molecule has 0 atom stereocenters. The van der Waals surface area contributed by atoms with E-state index in [1.807, 2.05) is 6.08 Å². The topological polar surface area (TPSA) is 99.2 Å². The first-order valence-electron chi connectivity index (χ1n) is 8.69. The number of aryl methyl sites for hydroxylation is 1. The molecule has 0 saturated carbocycles. The highest BCUT2D eigenvalue weighted by Crippen LogP contribution is 2.23. The molecule has 136 valence electrons. The van der Waals surface area contributed by atoms with E-state index < -0.39 is 0 Å². The molecular weight excluding hydrogens is 330 g/mol. The van der Waals surface area contributed by atoms with Crippen LogP contribution in [0.5, 0.6) is 0 Å². The molecule has 1 amide bonds. The van der Waals surface area contributed by atoms with Gasteiger partial charge in [-0.25, -0.2) is 10.4 Å². The van der Waals surface area contributed by atoms with E-state index in [9.17, 15) is 4.79 Å². The summed E-state index contributed by atoms with van der Waals surface area (Å²) in [4.78, 5) is 22.1. The van der Waals surface area contributed by atoms with Gasteiger partial charge in [-0.3, -0.25) is 9.69 Å². The number of hydrazone groups is 1. The summed E-state index contributed by atoms with van der Waals surface area (Å²) in [7, 11) is 0. The molecule has 2 aromatic rings. The quantitative estimate of drug-likeness (QED) is 0.768. The van der Waals surface area contributed by atoms with Crippen LogP contribution in [0, 0.1) is 13.8 Å². The van der Waals surface area contributed by atoms with Crippen molar-refractivity contribution in [3.8, 4) is 0 Å². The summed E-state index contributed by atoms with van der Waals surface area (Å²) in [6.07, 6.45) is 4.82. The largest absolute Gasteiger partial charge is 0.359 e. The zero-order chi connectivity index (χ0) is 18.7. The molecule has 26 heavy (non-hydrogen) atoms. The Kier molecular flexibility index (Phi) is 5.22. The molecule has 2 aromatic heterocycles. The molecule has 0 saturated heterocycles. The van der Waals surface area contributed by atoms with Crippen LogP contribution in [0.4, 0.5) is 0 Å². The number of aromatic nitrogens is 4. The van der Waals surface area contributed by atoms with Gasteiger partial charge in [0, 0.05) is 24.1 Å². The lowest BCUT2D eigenvalue weighted by molar-refractivity contribution is -0.116. The van der Waals surface area contributed by atoms with Crippen LogP contribution in [-0.4, -0.2) is 49.8 Å². The number of hydrogen-bond acceptors (Lipinski definition) is 6. The number of carbonyl (C=O) groups is 1. The third-order valence-corrected chi connectivity index (χ3v) is 4.66. The van der Waals surface area contributed by atoms with Crippen LogP contribution in [0.3, 0.4) is 0 Å². The number of hydrogen-bond donors (Lipinski definition) is 2. The fourth-order valence-electron chi connectivity index (χ4n) is 3.01. The van der Waals surface area contributed by atoms with E-state index in [1.165, 1.54) is 18.0 Å². The van der Waals surface area contributed by atoms with Crippen LogP contribution in [0.25, 0.3) is 6.08 Å². The lowest BCUT2D eigenvalue weighted by Gasteiger charge is -2.18. The molecule has 0 bridgehead atoms. The number of carbonyl (C=O) groups excluding carboxylic acids is 1. The molecule has 0 radical (unpaired) electrons. The van der Waals surface area contributed by atoms with Gasteiger partial charge in [0.2, 0.25) is 5.82 Å². The Morgan fingerprint density at radius 2 is 1.96 bits per heavy atom. The highest BCUT2D eigenvalue weighted by molar-refractivity contribution is 6.32. The third-order valence-electron chi connectivity index (χ3n) is 4.66. The summed E-state index contributed by atoms with van der Waals surface area (Å²) in [5.41, 5.74) is 7.71. The summed E-state index contributed by atoms with van der Waals surface area (Å²) in [6.45, 7) is 11.3. The summed E-state index contributed by atoms with van der Waals surface area (Å²) in [5.74, 6) is 0.0470. The molecule has 0 spiro atoms. The number of rotatable bonds is 6. The highest BCUT2D eigenvalue weighted by Gasteiger charge is 2.27. The molecule has 1 aliphatic rings. The molecule has 8 nitrogen and oxygen atoms in total. The zero-order valence-corrected chi connectivity index (χ0v) is 15.5. The second-order valence-electron chi connectivity index (χ2n) is 6.15. The van der Waals surface area contributed by atoms with Crippen molar-refractivity contribution < 1.29 is 4.79 Å². The highest BCUT2D eigenvalue weighted by atomic mass is 16.2. The number of nitrogens with one attached hydrogen (secondary N) is 2. The number of nitrogens with zero attached hydrogens (tertiary/aromatic N) is 5. The minimum atomic E-state index is -0.274. The van der Waals surface area contributed by atoms with Gasteiger partial charge >= 0.3 is 0 Å². The predicted octanol–water partition coefficient (Wildman–Crippen LogP) is 1.58. The van der Waals surface area contributed by atoms with Gasteiger partial charge in [-0.2, -0.15) is 10.2 Å². The zero-order valence-electron chi connectivity index (χ0n) is 15.5. The SMILES string of the molecule is CCN(CC)Cc1c(C)[nH]c(/C=C2/C(=O)NN=C2c2nccnn2)c1C. The normalized spacial score (nSPS) is 15.7. The van der Waals surface area contributed by atoms with E-state index in [4.69, 9.17) is 0 Å². The molecule has 3 rings (SSSR count). The first-order valence-corrected chi connectivity index (χ1v) is 8.69. The Labute approximate surface area is 152 Å². The molecular formula is C18H23N7O. The lowest BCUT2D eigenvalue weighted by Crippen LogP contribution is -2.22. The van der Waals surface area contributed by atoms with E-state index in [-0.39, 0.29) is 5.91 Å². The number of amides is 1.